The molecule has 1 aromatic carbocycles. The van der Waals surface area contributed by atoms with Crippen LogP contribution in [0.3, 0.4) is 0 Å². The molecule has 0 saturated carbocycles. The summed E-state index contributed by atoms with van der Waals surface area (Å²) in [6.45, 7) is 4.00. The third-order valence-electron chi connectivity index (χ3n) is 4.98. The van der Waals surface area contributed by atoms with E-state index in [1.807, 2.05) is 38.1 Å². The van der Waals surface area contributed by atoms with Crippen molar-refractivity contribution in [2.24, 2.45) is 5.92 Å². The number of urea groups is 2. The maximum atomic E-state index is 12.9. The molecule has 1 heterocycles. The van der Waals surface area contributed by atoms with Crippen molar-refractivity contribution >= 4 is 23.9 Å². The average Bonchev–Trinajstić information content (AvgIpc) is 3.08. The predicted molar refractivity (Wildman–Crippen MR) is 97.7 cm³/mol. The monoisotopic (exact) mass is 372 g/mol. The molecule has 1 aliphatic heterocycles. The highest BCUT2D eigenvalue weighted by Crippen LogP contribution is 2.41. The molecule has 0 aromatic heterocycles. The van der Waals surface area contributed by atoms with Gasteiger partial charge in [-0.1, -0.05) is 38.1 Å². The molecule has 6 amide bonds. The molecule has 144 valence electrons. The van der Waals surface area contributed by atoms with Gasteiger partial charge in [0, 0.05) is 6.54 Å². The lowest BCUT2D eigenvalue weighted by Crippen LogP contribution is -2.47. The molecule has 8 nitrogen and oxygen atoms in total. The molecule has 1 aromatic rings. The molecule has 1 fully saturated rings. The number of hydrogen-bond donors (Lipinski definition) is 3. The number of hydrogen-bond acceptors (Lipinski definition) is 4. The van der Waals surface area contributed by atoms with Crippen molar-refractivity contribution in [1.29, 1.82) is 0 Å². The summed E-state index contributed by atoms with van der Waals surface area (Å²) in [5.74, 6) is -0.728. The van der Waals surface area contributed by atoms with E-state index in [1.54, 1.807) is 0 Å². The van der Waals surface area contributed by atoms with Crippen LogP contribution >= 0.6 is 0 Å². The number of rotatable bonds is 5. The first-order chi connectivity index (χ1) is 12.8. The maximum absolute atomic E-state index is 12.9. The van der Waals surface area contributed by atoms with Crippen molar-refractivity contribution < 1.29 is 19.2 Å². The van der Waals surface area contributed by atoms with Gasteiger partial charge in [-0.05, 0) is 36.3 Å². The van der Waals surface area contributed by atoms with Crippen molar-refractivity contribution in [3.05, 3.63) is 35.4 Å². The van der Waals surface area contributed by atoms with Crippen LogP contribution in [0.15, 0.2) is 24.3 Å². The highest BCUT2D eigenvalue weighted by atomic mass is 16.2. The summed E-state index contributed by atoms with van der Waals surface area (Å²) in [5, 5.41) is 7.48. The van der Waals surface area contributed by atoms with Crippen LogP contribution < -0.4 is 16.0 Å². The van der Waals surface area contributed by atoms with Crippen LogP contribution in [-0.4, -0.2) is 41.9 Å². The Labute approximate surface area is 157 Å². The Balaban J connectivity index is 1.62. The summed E-state index contributed by atoms with van der Waals surface area (Å²) >= 11 is 0. The molecule has 0 unspecified atom stereocenters. The van der Waals surface area contributed by atoms with E-state index >= 15 is 0 Å². The van der Waals surface area contributed by atoms with Gasteiger partial charge in [0.25, 0.3) is 5.91 Å². The van der Waals surface area contributed by atoms with E-state index in [4.69, 9.17) is 0 Å². The number of carbonyl (C=O) groups excluding carboxylic acids is 4. The molecule has 8 heteroatoms. The number of carbonyl (C=O) groups is 4. The average molecular weight is 372 g/mol. The zero-order chi connectivity index (χ0) is 19.6. The first kappa shape index (κ1) is 18.9. The van der Waals surface area contributed by atoms with Crippen molar-refractivity contribution in [3.8, 4) is 0 Å². The van der Waals surface area contributed by atoms with Gasteiger partial charge in [0.1, 0.15) is 12.1 Å². The molecule has 3 N–H and O–H groups in total. The van der Waals surface area contributed by atoms with E-state index < -0.39 is 36.0 Å². The van der Waals surface area contributed by atoms with Crippen LogP contribution in [0.25, 0.3) is 0 Å². The van der Waals surface area contributed by atoms with Crippen LogP contribution in [0.5, 0.6) is 0 Å². The van der Waals surface area contributed by atoms with Gasteiger partial charge in [-0.2, -0.15) is 0 Å². The summed E-state index contributed by atoms with van der Waals surface area (Å²) in [4.78, 5) is 50.0. The Hall–Kier alpha value is -2.90. The van der Waals surface area contributed by atoms with Gasteiger partial charge >= 0.3 is 12.1 Å². The minimum absolute atomic E-state index is 0.428. The fraction of sp³-hybridized carbons (Fsp3) is 0.474. The molecule has 0 bridgehead atoms. The minimum Gasteiger partial charge on any atom is -0.338 e. The summed E-state index contributed by atoms with van der Waals surface area (Å²) in [6, 6.07) is 6.22. The summed E-state index contributed by atoms with van der Waals surface area (Å²) in [5.41, 5.74) is 0.688. The topological polar surface area (TPSA) is 108 Å². The van der Waals surface area contributed by atoms with E-state index in [1.165, 1.54) is 0 Å². The quantitative estimate of drug-likeness (QED) is 0.676. The number of amides is 6. The molecule has 1 atom stereocenters. The maximum Gasteiger partial charge on any atom is 0.325 e. The SMILES string of the molecule is CC(C)CCNC(=O)NC(=O)CN1C(=O)N[C@@]2(CCc3ccccc32)C1=O. The fourth-order valence-corrected chi connectivity index (χ4v) is 3.56. The first-order valence-electron chi connectivity index (χ1n) is 9.13. The summed E-state index contributed by atoms with van der Waals surface area (Å²) < 4.78 is 0. The van der Waals surface area contributed by atoms with Gasteiger partial charge in [-0.3, -0.25) is 19.8 Å². The smallest absolute Gasteiger partial charge is 0.325 e. The first-order valence-corrected chi connectivity index (χ1v) is 9.13. The Bertz CT molecular complexity index is 792. The lowest BCUT2D eigenvalue weighted by molar-refractivity contribution is -0.135. The van der Waals surface area contributed by atoms with Crippen LogP contribution in [0.2, 0.25) is 0 Å². The number of fused-ring (bicyclic) bond motifs is 2. The second-order valence-corrected chi connectivity index (χ2v) is 7.37. The minimum atomic E-state index is -1.10. The largest absolute Gasteiger partial charge is 0.338 e. The summed E-state index contributed by atoms with van der Waals surface area (Å²) in [7, 11) is 0. The highest BCUT2D eigenvalue weighted by Gasteiger charge is 2.55. The van der Waals surface area contributed by atoms with Crippen molar-refractivity contribution in [2.45, 2.75) is 38.6 Å². The Morgan fingerprint density at radius 2 is 2.00 bits per heavy atom. The molecule has 0 radical (unpaired) electrons. The lowest BCUT2D eigenvalue weighted by Gasteiger charge is -2.22. The Kier molecular flexibility index (Phi) is 5.16. The van der Waals surface area contributed by atoms with E-state index in [-0.39, 0.29) is 0 Å². The zero-order valence-corrected chi connectivity index (χ0v) is 15.5. The fourth-order valence-electron chi connectivity index (χ4n) is 3.56. The van der Waals surface area contributed by atoms with Crippen LogP contribution in [0.1, 0.15) is 37.8 Å². The van der Waals surface area contributed by atoms with Gasteiger partial charge in [0.05, 0.1) is 0 Å². The van der Waals surface area contributed by atoms with Gasteiger partial charge < -0.3 is 10.6 Å². The van der Waals surface area contributed by atoms with Crippen LogP contribution in [0.4, 0.5) is 9.59 Å². The van der Waals surface area contributed by atoms with Gasteiger partial charge in [-0.15, -0.1) is 0 Å². The molecule has 1 aliphatic carbocycles. The van der Waals surface area contributed by atoms with Crippen molar-refractivity contribution in [2.75, 3.05) is 13.1 Å². The second kappa shape index (κ2) is 7.38. The van der Waals surface area contributed by atoms with E-state index in [0.29, 0.717) is 25.3 Å². The molecular formula is C19H24N4O4. The van der Waals surface area contributed by atoms with Crippen LogP contribution in [-0.2, 0) is 21.5 Å². The molecule has 2 aliphatic rings. The van der Waals surface area contributed by atoms with Crippen molar-refractivity contribution in [1.82, 2.24) is 20.9 Å². The number of aryl methyl sites for hydroxylation is 1. The highest BCUT2D eigenvalue weighted by molar-refractivity contribution is 6.10. The normalized spacial score (nSPS) is 20.8. The third-order valence-corrected chi connectivity index (χ3v) is 4.98. The lowest BCUT2D eigenvalue weighted by atomic mass is 9.92. The number of nitrogens with zero attached hydrogens (tertiary/aromatic N) is 1. The van der Waals surface area contributed by atoms with Crippen molar-refractivity contribution in [3.63, 3.8) is 0 Å². The molecule has 1 spiro atoms. The number of imide groups is 2. The molecule has 27 heavy (non-hydrogen) atoms. The standard InChI is InChI=1S/C19H24N4O4/c1-12(2)8-10-20-17(26)21-15(24)11-23-16(25)19(22-18(23)27)9-7-13-5-3-4-6-14(13)19/h3-6,12H,7-11H2,1-2H3,(H,22,27)(H2,20,21,24,26)/t19-/m1/s1. The van der Waals surface area contributed by atoms with E-state index in [2.05, 4.69) is 16.0 Å². The van der Waals surface area contributed by atoms with Gasteiger partial charge in [0.2, 0.25) is 5.91 Å². The Morgan fingerprint density at radius 3 is 2.74 bits per heavy atom. The zero-order valence-electron chi connectivity index (χ0n) is 15.5. The third kappa shape index (κ3) is 3.65. The van der Waals surface area contributed by atoms with Crippen LogP contribution in [0, 0.1) is 5.92 Å². The Morgan fingerprint density at radius 1 is 1.26 bits per heavy atom. The van der Waals surface area contributed by atoms with Gasteiger partial charge in [-0.25, -0.2) is 9.59 Å². The summed E-state index contributed by atoms with van der Waals surface area (Å²) in [6.07, 6.45) is 1.93. The predicted octanol–water partition coefficient (Wildman–Crippen LogP) is 1.25. The molecule has 3 rings (SSSR count). The molecule has 1 saturated heterocycles. The number of benzene rings is 1. The molecular weight excluding hydrogens is 348 g/mol. The van der Waals surface area contributed by atoms with Gasteiger partial charge in [0.15, 0.2) is 0 Å². The second-order valence-electron chi connectivity index (χ2n) is 7.37. The number of nitrogens with one attached hydrogen (secondary N) is 3. The van der Waals surface area contributed by atoms with E-state index in [0.717, 1.165) is 22.4 Å². The van der Waals surface area contributed by atoms with E-state index in [9.17, 15) is 19.2 Å².